The first kappa shape index (κ1) is 24.5. The van der Waals surface area contributed by atoms with Crippen molar-refractivity contribution in [1.29, 1.82) is 0 Å². The van der Waals surface area contributed by atoms with Gasteiger partial charge in [0.15, 0.2) is 5.69 Å². The van der Waals surface area contributed by atoms with Crippen LogP contribution in [0.4, 0.5) is 4.79 Å². The Bertz CT molecular complexity index is 915. The summed E-state index contributed by atoms with van der Waals surface area (Å²) in [6.45, 7) is 6.69. The molecule has 0 saturated carbocycles. The summed E-state index contributed by atoms with van der Waals surface area (Å²) < 4.78 is 16.3. The van der Waals surface area contributed by atoms with Gasteiger partial charge in [-0.1, -0.05) is 5.21 Å². The number of nitrogens with zero attached hydrogens (tertiary/aromatic N) is 5. The fourth-order valence-corrected chi connectivity index (χ4v) is 4.17. The molecule has 1 aromatic rings. The van der Waals surface area contributed by atoms with Crippen molar-refractivity contribution in [2.45, 2.75) is 64.1 Å². The number of esters is 2. The van der Waals surface area contributed by atoms with Crippen LogP contribution in [0.2, 0.25) is 0 Å². The number of methoxy groups -OCH3 is 2. The highest BCUT2D eigenvalue weighted by Gasteiger charge is 2.40. The van der Waals surface area contributed by atoms with Gasteiger partial charge < -0.3 is 19.1 Å². The molecule has 0 N–H and O–H groups in total. The number of aromatic nitrogens is 3. The minimum atomic E-state index is -0.780. The maximum Gasteiger partial charge on any atom is 0.410 e. The molecule has 2 aliphatic rings. The second-order valence-corrected chi connectivity index (χ2v) is 9.10. The van der Waals surface area contributed by atoms with Crippen molar-refractivity contribution in [3.05, 3.63) is 11.4 Å². The van der Waals surface area contributed by atoms with Gasteiger partial charge in [-0.05, 0) is 46.5 Å². The Balaban J connectivity index is 1.68. The molecular formula is C21H31N5O7. The van der Waals surface area contributed by atoms with Crippen LogP contribution in [-0.4, -0.2) is 94.2 Å². The fraction of sp³-hybridized carbons (Fsp3) is 0.714. The molecule has 2 saturated heterocycles. The predicted octanol–water partition coefficient (Wildman–Crippen LogP) is 1.41. The lowest BCUT2D eigenvalue weighted by Crippen LogP contribution is -2.51. The number of carbonyl (C=O) groups excluding carboxylic acids is 4. The lowest BCUT2D eigenvalue weighted by molar-refractivity contribution is -0.137. The van der Waals surface area contributed by atoms with Crippen LogP contribution < -0.4 is 0 Å². The first-order valence-corrected chi connectivity index (χ1v) is 11.0. The Labute approximate surface area is 192 Å². The zero-order valence-electron chi connectivity index (χ0n) is 19.7. The van der Waals surface area contributed by atoms with Crippen LogP contribution >= 0.6 is 0 Å². The number of piperidine rings is 1. The van der Waals surface area contributed by atoms with Gasteiger partial charge in [-0.2, -0.15) is 0 Å². The van der Waals surface area contributed by atoms with Gasteiger partial charge in [0.2, 0.25) is 11.6 Å². The summed E-state index contributed by atoms with van der Waals surface area (Å²) in [6.07, 6.45) is 1.85. The van der Waals surface area contributed by atoms with E-state index in [0.29, 0.717) is 38.9 Å². The molecule has 0 spiro atoms. The average molecular weight is 466 g/mol. The van der Waals surface area contributed by atoms with Crippen molar-refractivity contribution in [1.82, 2.24) is 24.8 Å². The maximum absolute atomic E-state index is 13.2. The van der Waals surface area contributed by atoms with Crippen molar-refractivity contribution in [3.8, 4) is 0 Å². The molecule has 12 nitrogen and oxygen atoms in total. The molecule has 0 radical (unpaired) electrons. The van der Waals surface area contributed by atoms with E-state index in [9.17, 15) is 19.2 Å². The summed E-state index contributed by atoms with van der Waals surface area (Å²) in [6, 6.07) is -0.793. The Morgan fingerprint density at radius 2 is 1.58 bits per heavy atom. The van der Waals surface area contributed by atoms with Crippen LogP contribution in [0.15, 0.2) is 0 Å². The second-order valence-electron chi connectivity index (χ2n) is 9.10. The summed E-state index contributed by atoms with van der Waals surface area (Å²) in [5, 5.41) is 7.79. The lowest BCUT2D eigenvalue weighted by Gasteiger charge is -2.36. The molecule has 1 atom stereocenters. The molecule has 3 rings (SSSR count). The largest absolute Gasteiger partial charge is 0.464 e. The lowest BCUT2D eigenvalue weighted by atomic mass is 10.0. The van der Waals surface area contributed by atoms with Gasteiger partial charge in [0.1, 0.15) is 11.6 Å². The molecule has 0 aliphatic carbocycles. The Hall–Kier alpha value is -3.18. The highest BCUT2D eigenvalue weighted by Crippen LogP contribution is 2.28. The van der Waals surface area contributed by atoms with Crippen molar-refractivity contribution in [2.75, 3.05) is 33.9 Å². The molecular weight excluding hydrogens is 434 g/mol. The van der Waals surface area contributed by atoms with E-state index in [1.807, 2.05) is 0 Å². The number of rotatable bonds is 4. The van der Waals surface area contributed by atoms with Crippen molar-refractivity contribution >= 4 is 23.9 Å². The van der Waals surface area contributed by atoms with Crippen LogP contribution in [0, 0.1) is 0 Å². The van der Waals surface area contributed by atoms with Crippen molar-refractivity contribution < 1.29 is 33.4 Å². The highest BCUT2D eigenvalue weighted by atomic mass is 16.6. The number of amides is 2. The summed E-state index contributed by atoms with van der Waals surface area (Å²) in [7, 11) is 2.40. The molecule has 0 aromatic carbocycles. The minimum Gasteiger partial charge on any atom is -0.464 e. The normalized spacial score (nSPS) is 19.4. The summed E-state index contributed by atoms with van der Waals surface area (Å²) >= 11 is 0. The zero-order valence-corrected chi connectivity index (χ0v) is 19.7. The van der Waals surface area contributed by atoms with Crippen LogP contribution in [0.5, 0.6) is 0 Å². The summed E-state index contributed by atoms with van der Waals surface area (Å²) in [5.74, 6) is -1.63. The molecule has 33 heavy (non-hydrogen) atoms. The fourth-order valence-electron chi connectivity index (χ4n) is 4.17. The monoisotopic (exact) mass is 465 g/mol. The van der Waals surface area contributed by atoms with Gasteiger partial charge in [0.05, 0.1) is 20.3 Å². The van der Waals surface area contributed by atoms with Gasteiger partial charge in [-0.15, -0.1) is 5.10 Å². The molecule has 12 heteroatoms. The Morgan fingerprint density at radius 3 is 2.15 bits per heavy atom. The third-order valence-corrected chi connectivity index (χ3v) is 5.74. The van der Waals surface area contributed by atoms with E-state index < -0.39 is 29.7 Å². The summed E-state index contributed by atoms with van der Waals surface area (Å²) in [4.78, 5) is 53.2. The van der Waals surface area contributed by atoms with Crippen molar-refractivity contribution in [2.24, 2.45) is 0 Å². The molecule has 2 aliphatic heterocycles. The summed E-state index contributed by atoms with van der Waals surface area (Å²) in [5.41, 5.74) is -0.910. The third-order valence-electron chi connectivity index (χ3n) is 5.74. The van der Waals surface area contributed by atoms with E-state index in [-0.39, 0.29) is 23.3 Å². The van der Waals surface area contributed by atoms with E-state index in [2.05, 4.69) is 15.0 Å². The third kappa shape index (κ3) is 5.25. The second kappa shape index (κ2) is 9.75. The van der Waals surface area contributed by atoms with E-state index in [0.717, 1.165) is 6.42 Å². The minimum absolute atomic E-state index is 0.0685. The number of hydrogen-bond donors (Lipinski definition) is 0. The molecule has 1 aromatic heterocycles. The molecule has 2 amide bonds. The average Bonchev–Trinajstić information content (AvgIpc) is 3.44. The predicted molar refractivity (Wildman–Crippen MR) is 114 cm³/mol. The smallest absolute Gasteiger partial charge is 0.410 e. The Morgan fingerprint density at radius 1 is 0.939 bits per heavy atom. The van der Waals surface area contributed by atoms with Crippen LogP contribution in [0.3, 0.4) is 0 Å². The van der Waals surface area contributed by atoms with Crippen LogP contribution in [-0.2, 0) is 19.0 Å². The topological polar surface area (TPSA) is 133 Å². The zero-order chi connectivity index (χ0) is 24.3. The molecule has 3 heterocycles. The van der Waals surface area contributed by atoms with Gasteiger partial charge in [0.25, 0.3) is 0 Å². The first-order valence-electron chi connectivity index (χ1n) is 11.0. The SMILES string of the molecule is COC(=O)c1nnn(C2CCN(C(=O)[C@@H]3CCCN3C(=O)OC(C)(C)C)CC2)c1C(=O)OC. The van der Waals surface area contributed by atoms with E-state index in [1.54, 1.807) is 25.7 Å². The van der Waals surface area contributed by atoms with Crippen LogP contribution in [0.25, 0.3) is 0 Å². The van der Waals surface area contributed by atoms with E-state index in [1.165, 1.54) is 23.8 Å². The Kier molecular flexibility index (Phi) is 7.23. The number of ether oxygens (including phenoxy) is 3. The maximum atomic E-state index is 13.2. The van der Waals surface area contributed by atoms with Crippen molar-refractivity contribution in [3.63, 3.8) is 0 Å². The number of hydrogen-bond acceptors (Lipinski definition) is 9. The highest BCUT2D eigenvalue weighted by molar-refractivity contribution is 6.00. The number of likely N-dealkylation sites (tertiary alicyclic amines) is 2. The first-order chi connectivity index (χ1) is 15.6. The standard InChI is InChI=1S/C21H31N5O7/c1-21(2,3)33-20(30)25-10-6-7-14(25)17(27)24-11-8-13(9-12-24)26-16(19(29)32-5)15(22-23-26)18(28)31-4/h13-14H,6-12H2,1-5H3/t14-/m0/s1. The molecule has 182 valence electrons. The molecule has 0 unspecified atom stereocenters. The molecule has 2 fully saturated rings. The van der Waals surface area contributed by atoms with E-state index >= 15 is 0 Å². The van der Waals surface area contributed by atoms with Crippen LogP contribution in [0.1, 0.15) is 73.5 Å². The van der Waals surface area contributed by atoms with Gasteiger partial charge >= 0.3 is 18.0 Å². The van der Waals surface area contributed by atoms with Gasteiger partial charge in [-0.3, -0.25) is 9.69 Å². The number of carbonyl (C=O) groups is 4. The van der Waals surface area contributed by atoms with E-state index in [4.69, 9.17) is 9.47 Å². The van der Waals surface area contributed by atoms with Gasteiger partial charge in [0, 0.05) is 19.6 Å². The molecule has 0 bridgehead atoms. The quantitative estimate of drug-likeness (QED) is 0.478. The van der Waals surface area contributed by atoms with Gasteiger partial charge in [-0.25, -0.2) is 19.1 Å².